The molecule has 2 aromatic carbocycles. The molecule has 1 heterocycles. The topological polar surface area (TPSA) is 50.3 Å². The Morgan fingerprint density at radius 3 is 2.31 bits per heavy atom. The van der Waals surface area contributed by atoms with Gasteiger partial charge in [-0.25, -0.2) is 17.2 Å². The molecule has 29 heavy (non-hydrogen) atoms. The van der Waals surface area contributed by atoms with Crippen LogP contribution in [0, 0.1) is 11.6 Å². The van der Waals surface area contributed by atoms with Gasteiger partial charge in [-0.15, -0.1) is 0 Å². The predicted molar refractivity (Wildman–Crippen MR) is 108 cm³/mol. The van der Waals surface area contributed by atoms with Crippen molar-refractivity contribution in [3.8, 4) is 0 Å². The van der Waals surface area contributed by atoms with Crippen LogP contribution in [0.2, 0.25) is 5.02 Å². The Morgan fingerprint density at radius 1 is 1.03 bits per heavy atom. The molecule has 152 valence electrons. The molecule has 0 radical (unpaired) electrons. The second-order valence-electron chi connectivity index (χ2n) is 6.87. The predicted octanol–water partition coefficient (Wildman–Crippen LogP) is 4.64. The summed E-state index contributed by atoms with van der Waals surface area (Å²) < 4.78 is 55.2. The quantitative estimate of drug-likeness (QED) is 0.565. The van der Waals surface area contributed by atoms with E-state index in [1.807, 2.05) is 19.0 Å². The lowest BCUT2D eigenvalue weighted by atomic mass is 10.1. The van der Waals surface area contributed by atoms with E-state index >= 15 is 0 Å². The highest BCUT2D eigenvalue weighted by Gasteiger charge is 2.34. The summed E-state index contributed by atoms with van der Waals surface area (Å²) in [7, 11) is -0.352. The standard InChI is InChI=1S/C21H19ClF2N2O2S/c1-26(2)13-14-3-10-20(25-12-14)21(18-11-16(23)6-9-19(18)24)29(27,28)17-7-4-15(22)5-8-17/h3-12,21H,13H2,1-2H3. The monoisotopic (exact) mass is 436 g/mol. The van der Waals surface area contributed by atoms with Crippen molar-refractivity contribution in [1.82, 2.24) is 9.88 Å². The largest absolute Gasteiger partial charge is 0.305 e. The van der Waals surface area contributed by atoms with Gasteiger partial charge in [-0.3, -0.25) is 4.98 Å². The van der Waals surface area contributed by atoms with E-state index in [1.165, 1.54) is 36.5 Å². The highest BCUT2D eigenvalue weighted by molar-refractivity contribution is 7.91. The highest BCUT2D eigenvalue weighted by Crippen LogP contribution is 2.36. The van der Waals surface area contributed by atoms with Gasteiger partial charge in [0, 0.05) is 23.3 Å². The number of halogens is 3. The van der Waals surface area contributed by atoms with Gasteiger partial charge in [-0.2, -0.15) is 0 Å². The molecule has 1 unspecified atom stereocenters. The minimum atomic E-state index is -4.14. The first-order valence-electron chi connectivity index (χ1n) is 8.72. The number of nitrogens with zero attached hydrogens (tertiary/aromatic N) is 2. The molecule has 1 atom stereocenters. The van der Waals surface area contributed by atoms with E-state index in [4.69, 9.17) is 11.6 Å². The van der Waals surface area contributed by atoms with Crippen molar-refractivity contribution >= 4 is 21.4 Å². The maximum Gasteiger partial charge on any atom is 0.191 e. The molecule has 1 aromatic heterocycles. The lowest BCUT2D eigenvalue weighted by molar-refractivity contribution is 0.402. The Bertz CT molecular complexity index is 1100. The van der Waals surface area contributed by atoms with Crippen molar-refractivity contribution in [2.75, 3.05) is 14.1 Å². The van der Waals surface area contributed by atoms with E-state index in [9.17, 15) is 17.2 Å². The van der Waals surface area contributed by atoms with Crippen LogP contribution in [-0.2, 0) is 16.4 Å². The summed E-state index contributed by atoms with van der Waals surface area (Å²) in [6, 6.07) is 11.5. The molecule has 0 fully saturated rings. The molecule has 4 nitrogen and oxygen atoms in total. The molecule has 0 N–H and O–H groups in total. The molecule has 3 rings (SSSR count). The van der Waals surface area contributed by atoms with E-state index < -0.39 is 26.7 Å². The second kappa shape index (κ2) is 8.57. The van der Waals surface area contributed by atoms with Gasteiger partial charge in [0.25, 0.3) is 0 Å². The zero-order chi connectivity index (χ0) is 21.2. The molecule has 0 aliphatic heterocycles. The minimum absolute atomic E-state index is 0.0604. The lowest BCUT2D eigenvalue weighted by Gasteiger charge is -2.19. The van der Waals surface area contributed by atoms with Gasteiger partial charge in [0.2, 0.25) is 0 Å². The van der Waals surface area contributed by atoms with Crippen LogP contribution in [0.5, 0.6) is 0 Å². The maximum absolute atomic E-state index is 14.6. The van der Waals surface area contributed by atoms with Crippen molar-refractivity contribution in [3.63, 3.8) is 0 Å². The zero-order valence-corrected chi connectivity index (χ0v) is 17.4. The summed E-state index contributed by atoms with van der Waals surface area (Å²) in [5, 5.41) is -1.14. The Balaban J connectivity index is 2.17. The highest BCUT2D eigenvalue weighted by atomic mass is 35.5. The van der Waals surface area contributed by atoms with E-state index in [0.717, 1.165) is 23.8 Å². The third-order valence-electron chi connectivity index (χ3n) is 4.31. The second-order valence-corrected chi connectivity index (χ2v) is 9.34. The summed E-state index contributed by atoms with van der Waals surface area (Å²) >= 11 is 5.86. The molecule has 8 heteroatoms. The fraction of sp³-hybridized carbons (Fsp3) is 0.190. The molecule has 0 amide bonds. The fourth-order valence-corrected chi connectivity index (χ4v) is 4.90. The van der Waals surface area contributed by atoms with Crippen molar-refractivity contribution in [2.45, 2.75) is 16.7 Å². The van der Waals surface area contributed by atoms with Crippen LogP contribution in [0.25, 0.3) is 0 Å². The molecule has 0 bridgehead atoms. The first-order chi connectivity index (χ1) is 13.7. The number of benzene rings is 2. The van der Waals surface area contributed by atoms with Crippen LogP contribution in [0.4, 0.5) is 8.78 Å². The van der Waals surface area contributed by atoms with Gasteiger partial charge in [0.1, 0.15) is 16.9 Å². The fourth-order valence-electron chi connectivity index (χ4n) is 3.01. The smallest absolute Gasteiger partial charge is 0.191 e. The summed E-state index contributed by atoms with van der Waals surface area (Å²) in [6.45, 7) is 0.607. The van der Waals surface area contributed by atoms with Gasteiger partial charge in [0.15, 0.2) is 9.84 Å². The van der Waals surface area contributed by atoms with Gasteiger partial charge in [-0.1, -0.05) is 17.7 Å². The lowest BCUT2D eigenvalue weighted by Crippen LogP contribution is -2.18. The normalized spacial score (nSPS) is 12.9. The third kappa shape index (κ3) is 4.80. The van der Waals surface area contributed by atoms with Gasteiger partial charge >= 0.3 is 0 Å². The zero-order valence-electron chi connectivity index (χ0n) is 15.8. The minimum Gasteiger partial charge on any atom is -0.305 e. The molecule has 0 aliphatic rings. The molecule has 0 spiro atoms. The number of pyridine rings is 1. The molecular formula is C21H19ClF2N2O2S. The van der Waals surface area contributed by atoms with E-state index in [-0.39, 0.29) is 16.2 Å². The van der Waals surface area contributed by atoms with Gasteiger partial charge in [-0.05, 0) is 68.2 Å². The Kier molecular flexibility index (Phi) is 6.31. The third-order valence-corrected chi connectivity index (χ3v) is 6.61. The van der Waals surface area contributed by atoms with Crippen molar-refractivity contribution in [2.24, 2.45) is 0 Å². The van der Waals surface area contributed by atoms with E-state index in [0.29, 0.717) is 11.6 Å². The number of rotatable bonds is 6. The van der Waals surface area contributed by atoms with Crippen LogP contribution < -0.4 is 0 Å². The summed E-state index contributed by atoms with van der Waals surface area (Å²) in [5.41, 5.74) is 0.667. The van der Waals surface area contributed by atoms with Crippen LogP contribution in [0.15, 0.2) is 65.7 Å². The van der Waals surface area contributed by atoms with Crippen molar-refractivity contribution in [1.29, 1.82) is 0 Å². The molecule has 0 aliphatic carbocycles. The SMILES string of the molecule is CN(C)Cc1ccc(C(c2cc(F)ccc2F)S(=O)(=O)c2ccc(Cl)cc2)nc1. The average molecular weight is 437 g/mol. The van der Waals surface area contributed by atoms with Crippen molar-refractivity contribution in [3.05, 3.63) is 94.3 Å². The van der Waals surface area contributed by atoms with Crippen LogP contribution in [0.3, 0.4) is 0 Å². The molecule has 0 saturated carbocycles. The Morgan fingerprint density at radius 2 is 1.72 bits per heavy atom. The number of aromatic nitrogens is 1. The molecule has 3 aromatic rings. The van der Waals surface area contributed by atoms with Gasteiger partial charge < -0.3 is 4.90 Å². The number of hydrogen-bond donors (Lipinski definition) is 0. The van der Waals surface area contributed by atoms with E-state index in [2.05, 4.69) is 4.98 Å². The average Bonchev–Trinajstić information content (AvgIpc) is 2.66. The maximum atomic E-state index is 14.6. The molecular weight excluding hydrogens is 418 g/mol. The van der Waals surface area contributed by atoms with Crippen LogP contribution in [0.1, 0.15) is 22.1 Å². The molecule has 0 saturated heterocycles. The van der Waals surface area contributed by atoms with E-state index in [1.54, 1.807) is 6.07 Å². The van der Waals surface area contributed by atoms with Crippen LogP contribution >= 0.6 is 11.6 Å². The summed E-state index contributed by atoms with van der Waals surface area (Å²) in [5.74, 6) is -1.56. The first-order valence-corrected chi connectivity index (χ1v) is 10.6. The Hall–Kier alpha value is -2.35. The number of hydrogen-bond acceptors (Lipinski definition) is 4. The van der Waals surface area contributed by atoms with Crippen molar-refractivity contribution < 1.29 is 17.2 Å². The Labute approximate surface area is 173 Å². The number of sulfone groups is 1. The van der Waals surface area contributed by atoms with Gasteiger partial charge in [0.05, 0.1) is 10.6 Å². The summed E-state index contributed by atoms with van der Waals surface area (Å²) in [4.78, 5) is 6.14. The first kappa shape index (κ1) is 21.4. The summed E-state index contributed by atoms with van der Waals surface area (Å²) in [6.07, 6.45) is 1.54. The van der Waals surface area contributed by atoms with Crippen LogP contribution in [-0.4, -0.2) is 32.4 Å².